The van der Waals surface area contributed by atoms with Crippen LogP contribution in [0.4, 0.5) is 5.69 Å². The van der Waals surface area contributed by atoms with Gasteiger partial charge in [0.1, 0.15) is 0 Å². The molecule has 1 heterocycles. The summed E-state index contributed by atoms with van der Waals surface area (Å²) >= 11 is 0. The maximum Gasteiger partial charge on any atom is 0.0992 e. The minimum Gasteiger partial charge on any atom is -0.366 e. The average molecular weight is 268 g/mol. The summed E-state index contributed by atoms with van der Waals surface area (Å²) in [5, 5.41) is 18.1. The Morgan fingerprint density at radius 2 is 2.15 bits per heavy atom. The topological polar surface area (TPSA) is 54.1 Å². The molecule has 0 saturated carbocycles. The second-order valence-corrected chi connectivity index (χ2v) is 5.45. The molecule has 0 radical (unpaired) electrons. The third-order valence-corrected chi connectivity index (χ3v) is 4.11. The van der Waals surface area contributed by atoms with E-state index in [4.69, 9.17) is 10.5 Å². The van der Waals surface area contributed by atoms with Gasteiger partial charge in [-0.25, -0.2) is 0 Å². The van der Waals surface area contributed by atoms with Gasteiger partial charge in [-0.1, -0.05) is 6.07 Å². The molecule has 1 aromatic carbocycles. The van der Waals surface area contributed by atoms with Crippen molar-refractivity contribution in [1.82, 2.24) is 4.90 Å². The zero-order valence-corrected chi connectivity index (χ0v) is 12.1. The fourth-order valence-electron chi connectivity index (χ4n) is 2.71. The third-order valence-electron chi connectivity index (χ3n) is 4.11. The summed E-state index contributed by atoms with van der Waals surface area (Å²) in [6, 6.07) is 12.9. The van der Waals surface area contributed by atoms with E-state index >= 15 is 0 Å². The van der Waals surface area contributed by atoms with Crippen molar-refractivity contribution < 1.29 is 0 Å². The first-order chi connectivity index (χ1) is 9.65. The minimum atomic E-state index is 0.184. The molecule has 4 heteroatoms. The van der Waals surface area contributed by atoms with Gasteiger partial charge in [0.2, 0.25) is 0 Å². The first-order valence-corrected chi connectivity index (χ1v) is 6.99. The second-order valence-electron chi connectivity index (χ2n) is 5.45. The lowest BCUT2D eigenvalue weighted by Gasteiger charge is -2.31. The molecule has 2 atom stereocenters. The molecular weight excluding hydrogens is 248 g/mol. The maximum atomic E-state index is 9.08. The van der Waals surface area contributed by atoms with Crippen LogP contribution in [0.1, 0.15) is 25.3 Å². The molecule has 1 saturated heterocycles. The van der Waals surface area contributed by atoms with Crippen molar-refractivity contribution >= 4 is 5.69 Å². The number of benzene rings is 1. The van der Waals surface area contributed by atoms with Crippen molar-refractivity contribution in [2.75, 3.05) is 25.0 Å². The molecule has 0 amide bonds. The summed E-state index contributed by atoms with van der Waals surface area (Å²) in [6.07, 6.45) is 1.57. The summed E-state index contributed by atoms with van der Waals surface area (Å²) in [5.41, 5.74) is 1.72. The van der Waals surface area contributed by atoms with Crippen molar-refractivity contribution in [3.63, 3.8) is 0 Å². The highest BCUT2D eigenvalue weighted by atomic mass is 15.2. The molecule has 2 unspecified atom stereocenters. The molecule has 0 bridgehead atoms. The third kappa shape index (κ3) is 3.10. The molecule has 1 aromatic rings. The summed E-state index contributed by atoms with van der Waals surface area (Å²) in [7, 11) is 2.12. The SMILES string of the molecule is CC1CCN(c2cccc(C#N)c2)C(CC#N)CN1C. The van der Waals surface area contributed by atoms with Crippen LogP contribution in [0.15, 0.2) is 24.3 Å². The first kappa shape index (κ1) is 14.4. The summed E-state index contributed by atoms with van der Waals surface area (Å²) in [5.74, 6) is 0. The average Bonchev–Trinajstić information content (AvgIpc) is 2.60. The number of hydrogen-bond donors (Lipinski definition) is 0. The van der Waals surface area contributed by atoms with Gasteiger partial charge >= 0.3 is 0 Å². The Kier molecular flexibility index (Phi) is 4.61. The number of anilines is 1. The van der Waals surface area contributed by atoms with Gasteiger partial charge in [-0.15, -0.1) is 0 Å². The molecule has 20 heavy (non-hydrogen) atoms. The van der Waals surface area contributed by atoms with E-state index < -0.39 is 0 Å². The van der Waals surface area contributed by atoms with Crippen molar-refractivity contribution in [3.8, 4) is 12.1 Å². The fourth-order valence-corrected chi connectivity index (χ4v) is 2.71. The summed E-state index contributed by atoms with van der Waals surface area (Å²) in [4.78, 5) is 4.60. The Hall–Kier alpha value is -2.04. The Balaban J connectivity index is 2.30. The quantitative estimate of drug-likeness (QED) is 0.826. The van der Waals surface area contributed by atoms with Crippen LogP contribution in [0.25, 0.3) is 0 Å². The molecule has 4 nitrogen and oxygen atoms in total. The molecule has 0 aliphatic carbocycles. The maximum absolute atomic E-state index is 9.08. The normalized spacial score (nSPS) is 23.7. The van der Waals surface area contributed by atoms with Crippen LogP contribution in [0.3, 0.4) is 0 Å². The molecule has 1 fully saturated rings. The Morgan fingerprint density at radius 3 is 2.85 bits per heavy atom. The van der Waals surface area contributed by atoms with Gasteiger partial charge in [0.15, 0.2) is 0 Å². The monoisotopic (exact) mass is 268 g/mol. The summed E-state index contributed by atoms with van der Waals surface area (Å²) < 4.78 is 0. The standard InChI is InChI=1S/C16H20N4/c1-13-7-9-20(16(6-8-17)12-19(13)2)15-5-3-4-14(10-15)11-18/h3-5,10,13,16H,6-7,9,12H2,1-2H3. The van der Waals surface area contributed by atoms with E-state index in [9.17, 15) is 0 Å². The number of rotatable bonds is 2. The van der Waals surface area contributed by atoms with Crippen molar-refractivity contribution in [2.24, 2.45) is 0 Å². The lowest BCUT2D eigenvalue weighted by atomic mass is 10.1. The van der Waals surface area contributed by atoms with E-state index in [0.717, 1.165) is 25.2 Å². The van der Waals surface area contributed by atoms with Gasteiger partial charge in [0.25, 0.3) is 0 Å². The Morgan fingerprint density at radius 1 is 1.35 bits per heavy atom. The molecule has 0 aromatic heterocycles. The fraction of sp³-hybridized carbons (Fsp3) is 0.500. The van der Waals surface area contributed by atoms with Gasteiger partial charge in [0.05, 0.1) is 30.2 Å². The van der Waals surface area contributed by atoms with Crippen LogP contribution in [0, 0.1) is 22.7 Å². The zero-order valence-electron chi connectivity index (χ0n) is 12.1. The molecule has 2 rings (SSSR count). The highest BCUT2D eigenvalue weighted by molar-refractivity contribution is 5.52. The lowest BCUT2D eigenvalue weighted by molar-refractivity contribution is 0.255. The van der Waals surface area contributed by atoms with E-state index in [-0.39, 0.29) is 6.04 Å². The predicted molar refractivity (Wildman–Crippen MR) is 79.2 cm³/mol. The van der Waals surface area contributed by atoms with Crippen molar-refractivity contribution in [3.05, 3.63) is 29.8 Å². The van der Waals surface area contributed by atoms with Gasteiger partial charge in [-0.05, 0) is 38.6 Å². The Bertz CT molecular complexity index is 540. The van der Waals surface area contributed by atoms with Crippen molar-refractivity contribution in [2.45, 2.75) is 31.8 Å². The van der Waals surface area contributed by atoms with Crippen LogP contribution < -0.4 is 4.90 Å². The predicted octanol–water partition coefficient (Wildman–Crippen LogP) is 2.37. The molecule has 1 aliphatic rings. The van der Waals surface area contributed by atoms with Crippen LogP contribution >= 0.6 is 0 Å². The van der Waals surface area contributed by atoms with Crippen LogP contribution in [0.2, 0.25) is 0 Å². The molecule has 104 valence electrons. The molecule has 0 N–H and O–H groups in total. The zero-order chi connectivity index (χ0) is 14.5. The molecule has 0 spiro atoms. The van der Waals surface area contributed by atoms with E-state index in [1.165, 1.54) is 0 Å². The van der Waals surface area contributed by atoms with Crippen molar-refractivity contribution in [1.29, 1.82) is 10.5 Å². The number of likely N-dealkylation sites (N-methyl/N-ethyl adjacent to an activating group) is 1. The van der Waals surface area contributed by atoms with E-state index in [1.807, 2.05) is 24.3 Å². The van der Waals surface area contributed by atoms with Gasteiger partial charge in [-0.3, -0.25) is 0 Å². The summed E-state index contributed by atoms with van der Waals surface area (Å²) in [6.45, 7) is 4.02. The van der Waals surface area contributed by atoms with Gasteiger partial charge in [-0.2, -0.15) is 10.5 Å². The lowest BCUT2D eigenvalue weighted by Crippen LogP contribution is -2.40. The van der Waals surface area contributed by atoms with Gasteiger partial charge in [0, 0.05) is 24.8 Å². The number of nitriles is 2. The first-order valence-electron chi connectivity index (χ1n) is 6.99. The van der Waals surface area contributed by atoms with Gasteiger partial charge < -0.3 is 9.80 Å². The minimum absolute atomic E-state index is 0.184. The van der Waals surface area contributed by atoms with E-state index in [1.54, 1.807) is 0 Å². The number of hydrogen-bond acceptors (Lipinski definition) is 4. The number of nitrogens with zero attached hydrogens (tertiary/aromatic N) is 4. The van der Waals surface area contributed by atoms with Crippen LogP contribution in [0.5, 0.6) is 0 Å². The smallest absolute Gasteiger partial charge is 0.0992 e. The highest BCUT2D eigenvalue weighted by Gasteiger charge is 2.26. The molecule has 1 aliphatic heterocycles. The van der Waals surface area contributed by atoms with E-state index in [2.05, 4.69) is 35.9 Å². The highest BCUT2D eigenvalue weighted by Crippen LogP contribution is 2.24. The Labute approximate surface area is 120 Å². The molecular formula is C16H20N4. The van der Waals surface area contributed by atoms with Crippen LogP contribution in [-0.4, -0.2) is 37.1 Å². The van der Waals surface area contributed by atoms with E-state index in [0.29, 0.717) is 18.0 Å². The second kappa shape index (κ2) is 6.41. The largest absolute Gasteiger partial charge is 0.366 e. The van der Waals surface area contributed by atoms with Crippen LogP contribution in [-0.2, 0) is 0 Å².